The van der Waals surface area contributed by atoms with Gasteiger partial charge in [-0.25, -0.2) is 0 Å². The highest BCUT2D eigenvalue weighted by molar-refractivity contribution is 5.98. The lowest BCUT2D eigenvalue weighted by atomic mass is 9.81. The van der Waals surface area contributed by atoms with E-state index in [4.69, 9.17) is 23.7 Å². The molecular weight excluding hydrogens is 850 g/mol. The lowest BCUT2D eigenvalue weighted by Crippen LogP contribution is -2.48. The number of carbonyl (C=O) groups is 2. The summed E-state index contributed by atoms with van der Waals surface area (Å²) in [4.78, 5) is 34.1. The second-order valence-electron chi connectivity index (χ2n) is 15.9. The van der Waals surface area contributed by atoms with Gasteiger partial charge in [-0.1, -0.05) is 30.3 Å². The van der Waals surface area contributed by atoms with Crippen LogP contribution in [0.4, 0.5) is 13.2 Å². The van der Waals surface area contributed by atoms with Crippen molar-refractivity contribution >= 4 is 17.4 Å². The number of ether oxygens (including phenoxy) is 5. The quantitative estimate of drug-likeness (QED) is 0.0552. The highest BCUT2D eigenvalue weighted by Gasteiger charge is 2.36. The van der Waals surface area contributed by atoms with E-state index in [0.717, 1.165) is 42.9 Å². The molecule has 2 aromatic carbocycles. The molecular formula is C48H65F3N4O10. The van der Waals surface area contributed by atoms with Gasteiger partial charge in [-0.3, -0.25) is 14.6 Å². The number of hydrogen-bond donors (Lipinski definition) is 5. The number of pyridine rings is 1. The van der Waals surface area contributed by atoms with Crippen LogP contribution in [0.15, 0.2) is 84.7 Å². The molecule has 0 fully saturated rings. The molecule has 17 heteroatoms. The van der Waals surface area contributed by atoms with E-state index in [-0.39, 0.29) is 51.0 Å². The van der Waals surface area contributed by atoms with Gasteiger partial charge >= 0.3 is 6.18 Å². The summed E-state index contributed by atoms with van der Waals surface area (Å²) in [5, 5.41) is 33.9. The minimum absolute atomic E-state index is 0.0259. The van der Waals surface area contributed by atoms with Crippen LogP contribution in [0.3, 0.4) is 0 Å². The van der Waals surface area contributed by atoms with Crippen molar-refractivity contribution in [2.45, 2.75) is 58.3 Å². The fraction of sp³-hybridized carbons (Fsp3) is 0.521. The largest absolute Gasteiger partial charge is 0.416 e. The van der Waals surface area contributed by atoms with Gasteiger partial charge in [0, 0.05) is 54.8 Å². The Morgan fingerprint density at radius 3 is 1.95 bits per heavy atom. The van der Waals surface area contributed by atoms with Gasteiger partial charge in [0.15, 0.2) is 0 Å². The van der Waals surface area contributed by atoms with Gasteiger partial charge in [-0.15, -0.1) is 0 Å². The van der Waals surface area contributed by atoms with E-state index >= 15 is 0 Å². The number of amides is 2. The molecule has 1 aromatic heterocycles. The summed E-state index contributed by atoms with van der Waals surface area (Å²) in [7, 11) is 0. The van der Waals surface area contributed by atoms with Crippen LogP contribution in [0.1, 0.15) is 76.7 Å². The molecule has 65 heavy (non-hydrogen) atoms. The van der Waals surface area contributed by atoms with Crippen LogP contribution in [-0.2, 0) is 42.8 Å². The standard InChI is InChI=1S/C48H65F3N4O10/c1-4-55(5-2)41-14-16-46(3,42(30-41)43-29-39(15-17-52-43)44(59)53-31-37-10-7-13-40(28-37)48(49,50)51)54-45(60)38-12-6-9-36(27-38)11-8-18-61-19-20-62-21-22-63-23-24-64-25-26-65-35-47(32-56,33-57)34-58/h6-7,9-10,12-15,17,27-30,56-58H,4-5,8,11,16,18-26,31-35H2,1-3H3,(H,53,59)(H,54,60). The minimum atomic E-state index is -4.50. The van der Waals surface area contributed by atoms with E-state index < -0.39 is 28.6 Å². The van der Waals surface area contributed by atoms with Gasteiger partial charge in [0.25, 0.3) is 11.8 Å². The van der Waals surface area contributed by atoms with E-state index in [1.54, 1.807) is 18.2 Å². The molecule has 0 bridgehead atoms. The molecule has 4 rings (SSSR count). The van der Waals surface area contributed by atoms with Crippen LogP contribution in [0, 0.1) is 5.41 Å². The topological polar surface area (TPSA) is 181 Å². The molecule has 0 saturated heterocycles. The zero-order chi connectivity index (χ0) is 47.1. The van der Waals surface area contributed by atoms with Crippen molar-refractivity contribution in [1.29, 1.82) is 0 Å². The summed E-state index contributed by atoms with van der Waals surface area (Å²) >= 11 is 0. The summed E-state index contributed by atoms with van der Waals surface area (Å²) in [5.41, 5.74) is 1.48. The fourth-order valence-electron chi connectivity index (χ4n) is 6.95. The first-order valence-corrected chi connectivity index (χ1v) is 22.0. The highest BCUT2D eigenvalue weighted by Crippen LogP contribution is 2.36. The lowest BCUT2D eigenvalue weighted by molar-refractivity contribution is -0.137. The van der Waals surface area contributed by atoms with Crippen LogP contribution < -0.4 is 10.6 Å². The zero-order valence-corrected chi connectivity index (χ0v) is 37.7. The van der Waals surface area contributed by atoms with Crippen molar-refractivity contribution in [3.8, 4) is 0 Å². The summed E-state index contributed by atoms with van der Waals surface area (Å²) < 4.78 is 67.4. The first-order valence-electron chi connectivity index (χ1n) is 22.0. The maximum absolute atomic E-state index is 13.9. The Morgan fingerprint density at radius 1 is 0.754 bits per heavy atom. The molecule has 3 aromatic rings. The average molecular weight is 915 g/mol. The van der Waals surface area contributed by atoms with Crippen molar-refractivity contribution in [2.24, 2.45) is 5.41 Å². The maximum Gasteiger partial charge on any atom is 0.416 e. The van der Waals surface area contributed by atoms with Crippen LogP contribution in [-0.4, -0.2) is 142 Å². The maximum atomic E-state index is 13.9. The number of carbonyl (C=O) groups excluding carboxylic acids is 2. The Morgan fingerprint density at radius 2 is 1.34 bits per heavy atom. The summed E-state index contributed by atoms with van der Waals surface area (Å²) in [5.74, 6) is -0.743. The van der Waals surface area contributed by atoms with Crippen molar-refractivity contribution in [1.82, 2.24) is 20.5 Å². The molecule has 1 aliphatic carbocycles. The van der Waals surface area contributed by atoms with Gasteiger partial charge in [-0.2, -0.15) is 13.2 Å². The Hall–Kier alpha value is -4.72. The third-order valence-corrected chi connectivity index (χ3v) is 11.0. The number of alkyl halides is 3. The Labute approximate surface area is 379 Å². The summed E-state index contributed by atoms with van der Waals surface area (Å²) in [6.07, 6.45) is 2.99. The predicted molar refractivity (Wildman–Crippen MR) is 239 cm³/mol. The molecule has 1 unspecified atom stereocenters. The summed E-state index contributed by atoms with van der Waals surface area (Å²) in [6.45, 7) is 9.86. The van der Waals surface area contributed by atoms with E-state index in [0.29, 0.717) is 88.1 Å². The van der Waals surface area contributed by atoms with Crippen LogP contribution in [0.5, 0.6) is 0 Å². The van der Waals surface area contributed by atoms with Gasteiger partial charge in [-0.05, 0) is 93.6 Å². The fourth-order valence-corrected chi connectivity index (χ4v) is 6.95. The minimum Gasteiger partial charge on any atom is -0.396 e. The zero-order valence-electron chi connectivity index (χ0n) is 37.7. The molecule has 5 N–H and O–H groups in total. The molecule has 14 nitrogen and oxygen atoms in total. The summed E-state index contributed by atoms with van der Waals surface area (Å²) in [6, 6.07) is 15.5. The number of likely N-dealkylation sites (N-methyl/N-ethyl adjacent to an activating group) is 1. The van der Waals surface area contributed by atoms with Gasteiger partial charge in [0.2, 0.25) is 0 Å². The number of allylic oxidation sites excluding steroid dienone is 1. The first-order chi connectivity index (χ1) is 31.3. The highest BCUT2D eigenvalue weighted by atomic mass is 19.4. The second kappa shape index (κ2) is 27.0. The van der Waals surface area contributed by atoms with Crippen molar-refractivity contribution in [2.75, 3.05) is 99.0 Å². The van der Waals surface area contributed by atoms with Gasteiger partial charge < -0.3 is 54.5 Å². The van der Waals surface area contributed by atoms with Gasteiger partial charge in [0.1, 0.15) is 0 Å². The molecule has 1 heterocycles. The second-order valence-corrected chi connectivity index (χ2v) is 15.9. The van der Waals surface area contributed by atoms with E-state index in [9.17, 15) is 38.1 Å². The number of aliphatic hydroxyl groups is 3. The molecule has 0 radical (unpaired) electrons. The Bertz CT molecular complexity index is 1980. The Balaban J connectivity index is 1.22. The molecule has 2 amide bonds. The number of nitrogens with zero attached hydrogens (tertiary/aromatic N) is 2. The third kappa shape index (κ3) is 16.9. The number of aromatic nitrogens is 1. The SMILES string of the molecule is CCN(CC)C1=CCC(C)(NC(=O)c2cccc(CCCOCCOCCOCCOCCOCC(CO)(CO)CO)c2)C(c2cc(C(=O)NCc3cccc(C(F)(F)F)c3)ccn2)=C1. The number of aliphatic hydroxyl groups excluding tert-OH is 3. The molecule has 0 aliphatic heterocycles. The van der Waals surface area contributed by atoms with Crippen LogP contribution in [0.2, 0.25) is 0 Å². The van der Waals surface area contributed by atoms with Crippen molar-refractivity contribution < 1.29 is 61.8 Å². The molecule has 1 atom stereocenters. The normalized spacial score (nSPS) is 15.3. The number of benzene rings is 2. The van der Waals surface area contributed by atoms with E-state index in [2.05, 4.69) is 40.4 Å². The third-order valence-electron chi connectivity index (χ3n) is 11.0. The number of aryl methyl sites for hydroxylation is 1. The molecule has 1 aliphatic rings. The number of hydrogen-bond acceptors (Lipinski definition) is 12. The average Bonchev–Trinajstić information content (AvgIpc) is 3.31. The van der Waals surface area contributed by atoms with Gasteiger partial charge in [0.05, 0.1) is 101 Å². The molecule has 0 spiro atoms. The molecule has 358 valence electrons. The van der Waals surface area contributed by atoms with Crippen LogP contribution in [0.25, 0.3) is 5.57 Å². The first kappa shape index (κ1) is 52.9. The smallest absolute Gasteiger partial charge is 0.396 e. The predicted octanol–water partition coefficient (Wildman–Crippen LogP) is 5.21. The Kier molecular flexibility index (Phi) is 22.0. The van der Waals surface area contributed by atoms with Crippen molar-refractivity contribution in [3.05, 3.63) is 118 Å². The number of nitrogens with one attached hydrogen (secondary N) is 2. The van der Waals surface area contributed by atoms with Crippen molar-refractivity contribution in [3.63, 3.8) is 0 Å². The monoisotopic (exact) mass is 914 g/mol. The van der Waals surface area contributed by atoms with E-state index in [1.165, 1.54) is 18.3 Å². The molecule has 0 saturated carbocycles. The lowest BCUT2D eigenvalue weighted by Gasteiger charge is -2.37. The van der Waals surface area contributed by atoms with E-state index in [1.807, 2.05) is 31.2 Å². The number of halogens is 3. The number of rotatable bonds is 30. The van der Waals surface area contributed by atoms with Crippen LogP contribution >= 0.6 is 0 Å².